The van der Waals surface area contributed by atoms with Crippen molar-refractivity contribution in [2.24, 2.45) is 0 Å². The molecule has 0 bridgehead atoms. The van der Waals surface area contributed by atoms with Gasteiger partial charge in [0.25, 0.3) is 0 Å². The van der Waals surface area contributed by atoms with Gasteiger partial charge in [0.2, 0.25) is 5.91 Å². The number of nitrogens with zero attached hydrogens (tertiary/aromatic N) is 1. The van der Waals surface area contributed by atoms with Crippen LogP contribution in [0.25, 0.3) is 0 Å². The predicted molar refractivity (Wildman–Crippen MR) is 75.5 cm³/mol. The van der Waals surface area contributed by atoms with Crippen molar-refractivity contribution in [3.8, 4) is 0 Å². The average Bonchev–Trinajstić information content (AvgIpc) is 2.38. The average molecular weight is 285 g/mol. The van der Waals surface area contributed by atoms with Crippen LogP contribution in [0.5, 0.6) is 0 Å². The van der Waals surface area contributed by atoms with Gasteiger partial charge in [-0.15, -0.1) is 0 Å². The Bertz CT molecular complexity index is 335. The lowest BCUT2D eigenvalue weighted by Gasteiger charge is -2.48. The van der Waals surface area contributed by atoms with Crippen LogP contribution in [0.3, 0.4) is 0 Å². The van der Waals surface area contributed by atoms with Crippen LogP contribution in [0.4, 0.5) is 0 Å². The highest BCUT2D eigenvalue weighted by molar-refractivity contribution is 5.76. The van der Waals surface area contributed by atoms with Crippen molar-refractivity contribution >= 4 is 5.91 Å². The fourth-order valence-electron chi connectivity index (χ4n) is 3.27. The molecule has 1 unspecified atom stereocenters. The molecule has 2 aliphatic rings. The zero-order chi connectivity index (χ0) is 14.6. The van der Waals surface area contributed by atoms with Gasteiger partial charge in [0, 0.05) is 26.1 Å². The van der Waals surface area contributed by atoms with Crippen LogP contribution in [0.1, 0.15) is 46.0 Å². The molecule has 1 spiro atoms. The molecule has 1 amide bonds. The van der Waals surface area contributed by atoms with E-state index in [1.165, 1.54) is 0 Å². The van der Waals surface area contributed by atoms with Crippen molar-refractivity contribution in [2.45, 2.75) is 57.2 Å². The van der Waals surface area contributed by atoms with Gasteiger partial charge < -0.3 is 19.5 Å². The van der Waals surface area contributed by atoms with E-state index in [9.17, 15) is 9.90 Å². The third kappa shape index (κ3) is 3.93. The molecular weight excluding hydrogens is 258 g/mol. The lowest BCUT2D eigenvalue weighted by atomic mass is 9.78. The Morgan fingerprint density at radius 2 is 2.05 bits per heavy atom. The first kappa shape index (κ1) is 15.7. The summed E-state index contributed by atoms with van der Waals surface area (Å²) in [4.78, 5) is 13.9. The monoisotopic (exact) mass is 285 g/mol. The Morgan fingerprint density at radius 1 is 1.35 bits per heavy atom. The summed E-state index contributed by atoms with van der Waals surface area (Å²) in [5.74, 6) is 0.163. The van der Waals surface area contributed by atoms with Gasteiger partial charge in [-0.1, -0.05) is 0 Å². The summed E-state index contributed by atoms with van der Waals surface area (Å²) < 4.78 is 11.2. The second kappa shape index (κ2) is 6.41. The molecule has 2 heterocycles. The second-order valence-electron chi connectivity index (χ2n) is 6.28. The molecule has 5 nitrogen and oxygen atoms in total. The molecule has 2 fully saturated rings. The topological polar surface area (TPSA) is 59.0 Å². The van der Waals surface area contributed by atoms with Gasteiger partial charge >= 0.3 is 0 Å². The van der Waals surface area contributed by atoms with Crippen LogP contribution in [-0.2, 0) is 14.3 Å². The Morgan fingerprint density at radius 3 is 2.65 bits per heavy atom. The fourth-order valence-corrected chi connectivity index (χ4v) is 3.27. The Balaban J connectivity index is 1.81. The van der Waals surface area contributed by atoms with Crippen LogP contribution in [-0.4, -0.2) is 60.0 Å². The second-order valence-corrected chi connectivity index (χ2v) is 6.28. The highest BCUT2D eigenvalue weighted by Crippen LogP contribution is 2.39. The quantitative estimate of drug-likeness (QED) is 0.792. The van der Waals surface area contributed by atoms with E-state index in [1.54, 1.807) is 0 Å². The van der Waals surface area contributed by atoms with Crippen molar-refractivity contribution < 1.29 is 19.4 Å². The number of piperidine rings is 1. The van der Waals surface area contributed by atoms with E-state index in [1.807, 2.05) is 18.7 Å². The molecule has 0 aromatic carbocycles. The maximum absolute atomic E-state index is 12.0. The molecular formula is C15H27NO4. The maximum Gasteiger partial charge on any atom is 0.224 e. The van der Waals surface area contributed by atoms with Crippen molar-refractivity contribution in [3.05, 3.63) is 0 Å². The van der Waals surface area contributed by atoms with E-state index >= 15 is 0 Å². The first-order valence-electron chi connectivity index (χ1n) is 7.68. The number of amides is 1. The fraction of sp³-hybridized carbons (Fsp3) is 0.933. The van der Waals surface area contributed by atoms with Crippen molar-refractivity contribution in [1.82, 2.24) is 4.90 Å². The Hall–Kier alpha value is -0.650. The summed E-state index contributed by atoms with van der Waals surface area (Å²) in [6, 6.07) is 0. The predicted octanol–water partition coefficient (Wildman–Crippen LogP) is 1.34. The molecule has 2 rings (SSSR count). The molecule has 1 atom stereocenters. The lowest BCUT2D eigenvalue weighted by molar-refractivity contribution is -0.175. The van der Waals surface area contributed by atoms with Gasteiger partial charge in [0.1, 0.15) is 0 Å². The normalized spacial score (nSPS) is 29.6. The van der Waals surface area contributed by atoms with E-state index in [0.29, 0.717) is 39.1 Å². The molecule has 2 aliphatic heterocycles. The van der Waals surface area contributed by atoms with Gasteiger partial charge in [0.15, 0.2) is 0 Å². The van der Waals surface area contributed by atoms with Crippen molar-refractivity contribution in [1.29, 1.82) is 0 Å². The molecule has 0 aliphatic carbocycles. The van der Waals surface area contributed by atoms with E-state index < -0.39 is 5.60 Å². The number of hydrogen-bond acceptors (Lipinski definition) is 4. The number of aliphatic hydroxyl groups is 1. The smallest absolute Gasteiger partial charge is 0.224 e. The highest BCUT2D eigenvalue weighted by Gasteiger charge is 2.44. The van der Waals surface area contributed by atoms with Crippen LogP contribution < -0.4 is 0 Å². The highest BCUT2D eigenvalue weighted by atomic mass is 16.5. The summed E-state index contributed by atoms with van der Waals surface area (Å²) >= 11 is 0. The minimum absolute atomic E-state index is 0.163. The first-order chi connectivity index (χ1) is 9.46. The van der Waals surface area contributed by atoms with E-state index in [-0.39, 0.29) is 11.5 Å². The van der Waals surface area contributed by atoms with Gasteiger partial charge in [-0.25, -0.2) is 0 Å². The summed E-state index contributed by atoms with van der Waals surface area (Å²) in [5.41, 5.74) is -0.849. The van der Waals surface area contributed by atoms with Crippen LogP contribution in [0.2, 0.25) is 0 Å². The zero-order valence-electron chi connectivity index (χ0n) is 12.7. The molecule has 20 heavy (non-hydrogen) atoms. The van der Waals surface area contributed by atoms with Crippen molar-refractivity contribution in [3.63, 3.8) is 0 Å². The lowest BCUT2D eigenvalue weighted by Crippen LogP contribution is -2.54. The molecule has 5 heteroatoms. The van der Waals surface area contributed by atoms with Crippen LogP contribution in [0, 0.1) is 0 Å². The standard InChI is InChI=1S/C15H27NO4/c1-3-19-10-4-13(17)16-8-5-15(6-9-16)12-14(2,18)7-11-20-15/h18H,3-12H2,1-2H3. The van der Waals surface area contributed by atoms with E-state index in [0.717, 1.165) is 25.9 Å². The summed E-state index contributed by atoms with van der Waals surface area (Å²) in [7, 11) is 0. The number of carbonyl (C=O) groups excluding carboxylic acids is 1. The summed E-state index contributed by atoms with van der Waals surface area (Å²) in [6.45, 7) is 7.03. The minimum atomic E-state index is -0.626. The zero-order valence-corrected chi connectivity index (χ0v) is 12.7. The van der Waals surface area contributed by atoms with Gasteiger partial charge in [0.05, 0.1) is 30.8 Å². The molecule has 0 radical (unpaired) electrons. The van der Waals surface area contributed by atoms with Gasteiger partial charge in [-0.05, 0) is 33.1 Å². The first-order valence-corrected chi connectivity index (χ1v) is 7.68. The number of carbonyl (C=O) groups is 1. The third-order valence-electron chi connectivity index (χ3n) is 4.44. The molecule has 0 saturated carbocycles. The van der Waals surface area contributed by atoms with Crippen LogP contribution in [0.15, 0.2) is 0 Å². The van der Waals surface area contributed by atoms with Crippen LogP contribution >= 0.6 is 0 Å². The molecule has 0 aromatic rings. The molecule has 116 valence electrons. The number of likely N-dealkylation sites (tertiary alicyclic amines) is 1. The minimum Gasteiger partial charge on any atom is -0.390 e. The number of hydrogen-bond donors (Lipinski definition) is 1. The number of rotatable bonds is 4. The number of ether oxygens (including phenoxy) is 2. The van der Waals surface area contributed by atoms with E-state index in [2.05, 4.69) is 0 Å². The Labute approximate surface area is 121 Å². The largest absolute Gasteiger partial charge is 0.390 e. The van der Waals surface area contributed by atoms with Crippen molar-refractivity contribution in [2.75, 3.05) is 32.9 Å². The SMILES string of the molecule is CCOCCC(=O)N1CCC2(CC1)CC(C)(O)CCO2. The van der Waals surface area contributed by atoms with Gasteiger partial charge in [-0.3, -0.25) is 4.79 Å². The van der Waals surface area contributed by atoms with Gasteiger partial charge in [-0.2, -0.15) is 0 Å². The summed E-state index contributed by atoms with van der Waals surface area (Å²) in [5, 5.41) is 10.2. The third-order valence-corrected chi connectivity index (χ3v) is 4.44. The maximum atomic E-state index is 12.0. The molecule has 0 aromatic heterocycles. The Kier molecular flexibility index (Phi) is 5.04. The van der Waals surface area contributed by atoms with E-state index in [4.69, 9.17) is 9.47 Å². The summed E-state index contributed by atoms with van der Waals surface area (Å²) in [6.07, 6.45) is 3.49. The molecule has 1 N–H and O–H groups in total. The molecule has 2 saturated heterocycles.